The molecule has 0 aliphatic carbocycles. The second kappa shape index (κ2) is 8.30. The van der Waals surface area contributed by atoms with Crippen molar-refractivity contribution in [3.63, 3.8) is 0 Å². The van der Waals surface area contributed by atoms with Crippen LogP contribution in [0.3, 0.4) is 0 Å². The lowest BCUT2D eigenvalue weighted by molar-refractivity contribution is -0.112. The van der Waals surface area contributed by atoms with Gasteiger partial charge in [-0.15, -0.1) is 11.3 Å². The molecule has 0 spiro atoms. The van der Waals surface area contributed by atoms with Gasteiger partial charge in [-0.2, -0.15) is 5.26 Å². The summed E-state index contributed by atoms with van der Waals surface area (Å²) in [5.74, 6) is 0.161. The van der Waals surface area contributed by atoms with E-state index in [1.807, 2.05) is 42.6 Å². The molecule has 1 aromatic heterocycles. The highest BCUT2D eigenvalue weighted by atomic mass is 32.1. The molecule has 3 aromatic rings. The fourth-order valence-corrected chi connectivity index (χ4v) is 3.11. The van der Waals surface area contributed by atoms with Crippen LogP contribution in [0.15, 0.2) is 59.5 Å². The van der Waals surface area contributed by atoms with Gasteiger partial charge in [-0.05, 0) is 30.7 Å². The number of aryl methyl sites for hydroxylation is 1. The summed E-state index contributed by atoms with van der Waals surface area (Å²) in [4.78, 5) is 16.9. The van der Waals surface area contributed by atoms with Crippen LogP contribution in [0.25, 0.3) is 17.3 Å². The maximum atomic E-state index is 12.4. The molecule has 2 aromatic carbocycles. The molecule has 0 bridgehead atoms. The maximum absolute atomic E-state index is 12.4. The molecule has 27 heavy (non-hydrogen) atoms. The molecule has 0 atom stereocenters. The number of benzene rings is 2. The van der Waals surface area contributed by atoms with Gasteiger partial charge in [0.25, 0.3) is 5.91 Å². The SMILES string of the molecule is COc1cccc(C=C(C#N)C(=O)Nc2nc(-c3ccc(C)cc3)cs2)c1. The highest BCUT2D eigenvalue weighted by molar-refractivity contribution is 7.14. The average molecular weight is 375 g/mol. The van der Waals surface area contributed by atoms with Gasteiger partial charge in [0.05, 0.1) is 12.8 Å². The molecule has 134 valence electrons. The zero-order chi connectivity index (χ0) is 19.2. The van der Waals surface area contributed by atoms with Gasteiger partial charge in [0.2, 0.25) is 0 Å². The van der Waals surface area contributed by atoms with Crippen molar-refractivity contribution < 1.29 is 9.53 Å². The van der Waals surface area contributed by atoms with E-state index in [1.54, 1.807) is 31.4 Å². The standard InChI is InChI=1S/C21H17N3O2S/c1-14-6-8-16(9-7-14)19-13-27-21(23-19)24-20(25)17(12-22)10-15-4-3-5-18(11-15)26-2/h3-11,13H,1-2H3,(H,23,24,25). The van der Waals surface area contributed by atoms with Gasteiger partial charge in [-0.3, -0.25) is 10.1 Å². The monoisotopic (exact) mass is 375 g/mol. The number of nitrogens with zero attached hydrogens (tertiary/aromatic N) is 2. The van der Waals surface area contributed by atoms with Crippen LogP contribution < -0.4 is 10.1 Å². The van der Waals surface area contributed by atoms with Gasteiger partial charge in [0.15, 0.2) is 5.13 Å². The number of nitrogens with one attached hydrogen (secondary N) is 1. The van der Waals surface area contributed by atoms with Crippen LogP contribution in [0.5, 0.6) is 5.75 Å². The largest absolute Gasteiger partial charge is 0.497 e. The molecule has 3 rings (SSSR count). The molecule has 1 N–H and O–H groups in total. The Morgan fingerprint density at radius 2 is 2.04 bits per heavy atom. The Labute approximate surface area is 161 Å². The summed E-state index contributed by atoms with van der Waals surface area (Å²) in [7, 11) is 1.56. The molecular formula is C21H17N3O2S. The van der Waals surface area contributed by atoms with E-state index in [0.717, 1.165) is 11.3 Å². The molecule has 0 radical (unpaired) electrons. The summed E-state index contributed by atoms with van der Waals surface area (Å²) >= 11 is 1.32. The minimum Gasteiger partial charge on any atom is -0.497 e. The number of rotatable bonds is 5. The lowest BCUT2D eigenvalue weighted by Crippen LogP contribution is -2.13. The Balaban J connectivity index is 1.76. The number of thiazole rings is 1. The number of hydrogen-bond donors (Lipinski definition) is 1. The van der Waals surface area contributed by atoms with Crippen molar-refractivity contribution in [2.75, 3.05) is 12.4 Å². The quantitative estimate of drug-likeness (QED) is 0.519. The molecule has 0 aliphatic heterocycles. The van der Waals surface area contributed by atoms with Crippen LogP contribution in [0, 0.1) is 18.3 Å². The van der Waals surface area contributed by atoms with E-state index >= 15 is 0 Å². The van der Waals surface area contributed by atoms with E-state index in [-0.39, 0.29) is 5.57 Å². The van der Waals surface area contributed by atoms with Crippen molar-refractivity contribution in [3.8, 4) is 23.1 Å². The van der Waals surface area contributed by atoms with E-state index in [0.29, 0.717) is 16.4 Å². The van der Waals surface area contributed by atoms with Crippen LogP contribution in [0.2, 0.25) is 0 Å². The molecule has 0 saturated heterocycles. The van der Waals surface area contributed by atoms with Crippen LogP contribution in [0.4, 0.5) is 5.13 Å². The number of amides is 1. The molecule has 6 heteroatoms. The van der Waals surface area contributed by atoms with Gasteiger partial charge < -0.3 is 4.74 Å². The fourth-order valence-electron chi connectivity index (χ4n) is 2.40. The molecule has 0 aliphatic rings. The molecule has 0 unspecified atom stereocenters. The predicted molar refractivity (Wildman–Crippen MR) is 108 cm³/mol. The highest BCUT2D eigenvalue weighted by Crippen LogP contribution is 2.25. The topological polar surface area (TPSA) is 75.0 Å². The van der Waals surface area contributed by atoms with Gasteiger partial charge in [0, 0.05) is 10.9 Å². The molecular weight excluding hydrogens is 358 g/mol. The number of carbonyl (C=O) groups is 1. The summed E-state index contributed by atoms with van der Waals surface area (Å²) < 4.78 is 5.16. The Kier molecular flexibility index (Phi) is 5.64. The fraction of sp³-hybridized carbons (Fsp3) is 0.0952. The first-order valence-electron chi connectivity index (χ1n) is 8.19. The number of ether oxygens (including phenoxy) is 1. The Morgan fingerprint density at radius 3 is 2.74 bits per heavy atom. The zero-order valence-corrected chi connectivity index (χ0v) is 15.7. The Morgan fingerprint density at radius 1 is 1.26 bits per heavy atom. The number of methoxy groups -OCH3 is 1. The van der Waals surface area contributed by atoms with Crippen molar-refractivity contribution in [2.45, 2.75) is 6.92 Å². The Bertz CT molecular complexity index is 1030. The highest BCUT2D eigenvalue weighted by Gasteiger charge is 2.12. The average Bonchev–Trinajstić information content (AvgIpc) is 3.15. The van der Waals surface area contributed by atoms with E-state index in [4.69, 9.17) is 4.74 Å². The molecule has 0 saturated carbocycles. The van der Waals surface area contributed by atoms with Gasteiger partial charge in [-0.25, -0.2) is 4.98 Å². The normalized spacial score (nSPS) is 10.9. The Hall–Kier alpha value is -3.43. The smallest absolute Gasteiger partial charge is 0.268 e. The first-order valence-corrected chi connectivity index (χ1v) is 9.07. The molecule has 1 amide bonds. The molecule has 0 fully saturated rings. The van der Waals surface area contributed by atoms with Crippen LogP contribution in [-0.4, -0.2) is 18.0 Å². The number of carbonyl (C=O) groups excluding carboxylic acids is 1. The van der Waals surface area contributed by atoms with Crippen molar-refractivity contribution in [3.05, 3.63) is 70.6 Å². The zero-order valence-electron chi connectivity index (χ0n) is 14.9. The summed E-state index contributed by atoms with van der Waals surface area (Å²) in [5, 5.41) is 14.4. The van der Waals surface area contributed by atoms with Crippen molar-refractivity contribution in [1.29, 1.82) is 5.26 Å². The third-order valence-corrected chi connectivity index (χ3v) is 4.60. The van der Waals surface area contributed by atoms with Crippen molar-refractivity contribution in [1.82, 2.24) is 4.98 Å². The second-order valence-corrected chi connectivity index (χ2v) is 6.66. The van der Waals surface area contributed by atoms with Crippen molar-refractivity contribution >= 4 is 28.5 Å². The first-order chi connectivity index (χ1) is 13.1. The first kappa shape index (κ1) is 18.4. The van der Waals surface area contributed by atoms with Crippen molar-refractivity contribution in [2.24, 2.45) is 0 Å². The predicted octanol–water partition coefficient (Wildman–Crippen LogP) is 4.67. The van der Waals surface area contributed by atoms with E-state index in [1.165, 1.54) is 23.0 Å². The minimum absolute atomic E-state index is 0.00432. The summed E-state index contributed by atoms with van der Waals surface area (Å²) in [6.45, 7) is 2.02. The van der Waals surface area contributed by atoms with E-state index in [9.17, 15) is 10.1 Å². The van der Waals surface area contributed by atoms with Crippen LogP contribution >= 0.6 is 11.3 Å². The van der Waals surface area contributed by atoms with Crippen LogP contribution in [-0.2, 0) is 4.79 Å². The second-order valence-electron chi connectivity index (χ2n) is 5.80. The van der Waals surface area contributed by atoms with E-state index < -0.39 is 5.91 Å². The summed E-state index contributed by atoms with van der Waals surface area (Å²) in [6, 6.07) is 17.1. The lowest BCUT2D eigenvalue weighted by Gasteiger charge is -2.02. The number of nitriles is 1. The van der Waals surface area contributed by atoms with Gasteiger partial charge in [0.1, 0.15) is 17.4 Å². The summed E-state index contributed by atoms with van der Waals surface area (Å²) in [6.07, 6.45) is 1.52. The number of hydrogen-bond acceptors (Lipinski definition) is 5. The van der Waals surface area contributed by atoms with Gasteiger partial charge >= 0.3 is 0 Å². The maximum Gasteiger partial charge on any atom is 0.268 e. The lowest BCUT2D eigenvalue weighted by atomic mass is 10.1. The number of anilines is 1. The minimum atomic E-state index is -0.495. The summed E-state index contributed by atoms with van der Waals surface area (Å²) in [5.41, 5.74) is 3.63. The van der Waals surface area contributed by atoms with Crippen LogP contribution in [0.1, 0.15) is 11.1 Å². The molecule has 1 heterocycles. The number of aromatic nitrogens is 1. The third-order valence-electron chi connectivity index (χ3n) is 3.84. The van der Waals surface area contributed by atoms with E-state index in [2.05, 4.69) is 10.3 Å². The van der Waals surface area contributed by atoms with Gasteiger partial charge in [-0.1, -0.05) is 42.0 Å². The molecule has 5 nitrogen and oxygen atoms in total. The third kappa shape index (κ3) is 4.60.